The summed E-state index contributed by atoms with van der Waals surface area (Å²) in [6, 6.07) is 15.5. The quantitative estimate of drug-likeness (QED) is 0.147. The Morgan fingerprint density at radius 1 is 0.818 bits per heavy atom. The Kier molecular flexibility index (Phi) is 7.13. The molecule has 0 aliphatic carbocycles. The first-order chi connectivity index (χ1) is 15.6. The van der Waals surface area contributed by atoms with Crippen molar-refractivity contribution < 1.29 is 24.0 Å². The summed E-state index contributed by atoms with van der Waals surface area (Å²) >= 11 is 6.04. The van der Waals surface area contributed by atoms with Gasteiger partial charge in [-0.1, -0.05) is 41.9 Å². The van der Waals surface area contributed by atoms with E-state index in [1.54, 1.807) is 18.2 Å². The number of carbonyl (C=O) groups is 2. The van der Waals surface area contributed by atoms with Crippen molar-refractivity contribution in [3.63, 3.8) is 0 Å². The molecule has 0 radical (unpaired) electrons. The molecule has 0 saturated carbocycles. The number of ether oxygens (including phenoxy) is 2. The van der Waals surface area contributed by atoms with Crippen LogP contribution in [0.4, 0.5) is 5.69 Å². The summed E-state index contributed by atoms with van der Waals surface area (Å²) in [4.78, 5) is 33.7. The van der Waals surface area contributed by atoms with E-state index in [4.69, 9.17) is 21.1 Å². The molecule has 0 aliphatic heterocycles. The lowest BCUT2D eigenvalue weighted by atomic mass is 9.83. The number of halogens is 1. The van der Waals surface area contributed by atoms with Crippen LogP contribution in [-0.4, -0.2) is 16.9 Å². The van der Waals surface area contributed by atoms with Crippen LogP contribution in [0.3, 0.4) is 0 Å². The van der Waals surface area contributed by atoms with Crippen molar-refractivity contribution in [2.75, 3.05) is 0 Å². The SMILES string of the molecule is CC(=O)Oc1ccc(C(c2ccc(OC(C)=O)c(C)c2)c2ccc(Cl)c([N+](=O)[O-])c2)cc1C. The topological polar surface area (TPSA) is 95.7 Å². The number of hydrogen-bond acceptors (Lipinski definition) is 6. The minimum atomic E-state index is -0.521. The van der Waals surface area contributed by atoms with Crippen LogP contribution in [0, 0.1) is 24.0 Å². The van der Waals surface area contributed by atoms with Crippen molar-refractivity contribution in [1.29, 1.82) is 0 Å². The van der Waals surface area contributed by atoms with Crippen LogP contribution in [0.25, 0.3) is 0 Å². The summed E-state index contributed by atoms with van der Waals surface area (Å²) in [5.41, 5.74) is 3.61. The van der Waals surface area contributed by atoms with Gasteiger partial charge in [-0.2, -0.15) is 0 Å². The van der Waals surface area contributed by atoms with E-state index in [2.05, 4.69) is 0 Å². The lowest BCUT2D eigenvalue weighted by Crippen LogP contribution is -2.08. The molecule has 8 heteroatoms. The van der Waals surface area contributed by atoms with Crippen LogP contribution < -0.4 is 9.47 Å². The van der Waals surface area contributed by atoms with Crippen LogP contribution in [0.15, 0.2) is 54.6 Å². The van der Waals surface area contributed by atoms with Crippen molar-refractivity contribution in [2.24, 2.45) is 0 Å². The van der Waals surface area contributed by atoms with Crippen LogP contribution in [-0.2, 0) is 9.59 Å². The van der Waals surface area contributed by atoms with Gasteiger partial charge in [0, 0.05) is 25.8 Å². The third kappa shape index (κ3) is 5.56. The second kappa shape index (κ2) is 9.83. The number of benzene rings is 3. The molecule has 7 nitrogen and oxygen atoms in total. The van der Waals surface area contributed by atoms with E-state index in [0.717, 1.165) is 22.3 Å². The van der Waals surface area contributed by atoms with Crippen molar-refractivity contribution in [1.82, 2.24) is 0 Å². The second-order valence-electron chi connectivity index (χ2n) is 7.64. The zero-order valence-electron chi connectivity index (χ0n) is 18.5. The van der Waals surface area contributed by atoms with E-state index in [1.807, 2.05) is 38.1 Å². The largest absolute Gasteiger partial charge is 0.426 e. The highest BCUT2D eigenvalue weighted by Gasteiger charge is 2.23. The van der Waals surface area contributed by atoms with E-state index in [-0.39, 0.29) is 10.7 Å². The van der Waals surface area contributed by atoms with Crippen molar-refractivity contribution >= 4 is 29.2 Å². The summed E-state index contributed by atoms with van der Waals surface area (Å²) in [7, 11) is 0. The molecule has 0 aliphatic rings. The van der Waals surface area contributed by atoms with Gasteiger partial charge in [-0.15, -0.1) is 0 Å². The van der Waals surface area contributed by atoms with Gasteiger partial charge < -0.3 is 9.47 Å². The van der Waals surface area contributed by atoms with Gasteiger partial charge in [-0.3, -0.25) is 19.7 Å². The van der Waals surface area contributed by atoms with Crippen molar-refractivity contribution in [3.05, 3.63) is 97.6 Å². The zero-order valence-corrected chi connectivity index (χ0v) is 19.3. The first-order valence-corrected chi connectivity index (χ1v) is 10.5. The maximum Gasteiger partial charge on any atom is 0.308 e. The number of aryl methyl sites for hydroxylation is 2. The molecule has 0 N–H and O–H groups in total. The Balaban J connectivity index is 2.18. The second-order valence-corrected chi connectivity index (χ2v) is 8.05. The molecule has 0 atom stereocenters. The Hall–Kier alpha value is -3.71. The number of esters is 2. The number of nitro benzene ring substituents is 1. The standard InChI is InChI=1S/C25H22ClNO6/c1-14-11-18(6-9-23(14)32-16(3)28)25(20-5-8-21(26)22(13-20)27(30)31)19-7-10-24(15(2)12-19)33-17(4)29/h5-13,25H,1-4H3. The van der Waals surface area contributed by atoms with Gasteiger partial charge in [0.1, 0.15) is 16.5 Å². The summed E-state index contributed by atoms with van der Waals surface area (Å²) in [6.07, 6.45) is 0. The van der Waals surface area contributed by atoms with E-state index in [1.165, 1.54) is 26.0 Å². The van der Waals surface area contributed by atoms with Gasteiger partial charge >= 0.3 is 11.9 Å². The molecule has 170 valence electrons. The molecule has 3 aromatic rings. The smallest absolute Gasteiger partial charge is 0.308 e. The Labute approximate surface area is 196 Å². The maximum absolute atomic E-state index is 11.5. The number of nitrogens with zero attached hydrogens (tertiary/aromatic N) is 1. The summed E-state index contributed by atoms with van der Waals surface area (Å²) in [5.74, 6) is -0.363. The van der Waals surface area contributed by atoms with Crippen LogP contribution >= 0.6 is 11.6 Å². The molecule has 3 rings (SSSR count). The first kappa shape index (κ1) is 23.9. The van der Waals surface area contributed by atoms with Crippen LogP contribution in [0.1, 0.15) is 47.6 Å². The molecule has 0 unspecified atom stereocenters. The fraction of sp³-hybridized carbons (Fsp3) is 0.200. The Morgan fingerprint density at radius 3 is 1.64 bits per heavy atom. The molecule has 0 aromatic heterocycles. The highest BCUT2D eigenvalue weighted by atomic mass is 35.5. The average Bonchev–Trinajstić information content (AvgIpc) is 2.72. The lowest BCUT2D eigenvalue weighted by Gasteiger charge is -2.21. The van der Waals surface area contributed by atoms with Crippen molar-refractivity contribution in [2.45, 2.75) is 33.6 Å². The van der Waals surface area contributed by atoms with E-state index < -0.39 is 22.8 Å². The first-order valence-electron chi connectivity index (χ1n) is 10.1. The van der Waals surface area contributed by atoms with Gasteiger partial charge in [-0.05, 0) is 59.9 Å². The molecule has 0 fully saturated rings. The van der Waals surface area contributed by atoms with Gasteiger partial charge in [0.05, 0.1) is 4.92 Å². The Bertz CT molecular complexity index is 1190. The highest BCUT2D eigenvalue weighted by Crippen LogP contribution is 2.38. The van der Waals surface area contributed by atoms with Gasteiger partial charge in [0.25, 0.3) is 5.69 Å². The third-order valence-corrected chi connectivity index (χ3v) is 5.39. The Morgan fingerprint density at radius 2 is 1.24 bits per heavy atom. The fourth-order valence-corrected chi connectivity index (χ4v) is 3.86. The van der Waals surface area contributed by atoms with Gasteiger partial charge in [0.2, 0.25) is 0 Å². The van der Waals surface area contributed by atoms with Crippen LogP contribution in [0.5, 0.6) is 11.5 Å². The summed E-state index contributed by atoms with van der Waals surface area (Å²) in [6.45, 7) is 6.29. The third-order valence-electron chi connectivity index (χ3n) is 5.07. The molecule has 33 heavy (non-hydrogen) atoms. The molecule has 0 bridgehead atoms. The molecular formula is C25H22ClNO6. The van der Waals surface area contributed by atoms with Gasteiger partial charge in [-0.25, -0.2) is 0 Å². The summed E-state index contributed by atoms with van der Waals surface area (Å²) < 4.78 is 10.5. The van der Waals surface area contributed by atoms with Gasteiger partial charge in [0.15, 0.2) is 0 Å². The number of hydrogen-bond donors (Lipinski definition) is 0. The number of rotatable bonds is 6. The fourth-order valence-electron chi connectivity index (χ4n) is 3.67. The maximum atomic E-state index is 11.5. The molecule has 3 aromatic carbocycles. The summed E-state index contributed by atoms with van der Waals surface area (Å²) in [5, 5.41) is 11.5. The van der Waals surface area contributed by atoms with E-state index >= 15 is 0 Å². The zero-order chi connectivity index (χ0) is 24.3. The molecule has 0 heterocycles. The molecule has 0 amide bonds. The van der Waals surface area contributed by atoms with E-state index in [9.17, 15) is 19.7 Å². The molecule has 0 saturated heterocycles. The van der Waals surface area contributed by atoms with E-state index in [0.29, 0.717) is 17.1 Å². The predicted molar refractivity (Wildman–Crippen MR) is 124 cm³/mol. The van der Waals surface area contributed by atoms with Crippen LogP contribution in [0.2, 0.25) is 5.02 Å². The lowest BCUT2D eigenvalue weighted by molar-refractivity contribution is -0.384. The molecule has 0 spiro atoms. The highest BCUT2D eigenvalue weighted by molar-refractivity contribution is 6.32. The average molecular weight is 468 g/mol. The minimum Gasteiger partial charge on any atom is -0.426 e. The number of nitro groups is 1. The predicted octanol–water partition coefficient (Wildman–Crippen LogP) is 5.90. The normalized spacial score (nSPS) is 10.7. The molecular weight excluding hydrogens is 446 g/mol. The van der Waals surface area contributed by atoms with Crippen molar-refractivity contribution in [3.8, 4) is 11.5 Å². The monoisotopic (exact) mass is 467 g/mol. The minimum absolute atomic E-state index is 0.0465. The number of carbonyl (C=O) groups excluding carboxylic acids is 2.